The summed E-state index contributed by atoms with van der Waals surface area (Å²) >= 11 is 0. The molecule has 0 radical (unpaired) electrons. The normalized spacial score (nSPS) is 13.5. The van der Waals surface area contributed by atoms with Crippen molar-refractivity contribution in [2.75, 3.05) is 13.7 Å². The second kappa shape index (κ2) is 9.21. The van der Waals surface area contributed by atoms with Gasteiger partial charge in [0.05, 0.1) is 29.4 Å². The number of esters is 1. The van der Waals surface area contributed by atoms with Gasteiger partial charge in [0.2, 0.25) is 0 Å². The van der Waals surface area contributed by atoms with E-state index in [2.05, 4.69) is 0 Å². The molecule has 0 aliphatic carbocycles. The summed E-state index contributed by atoms with van der Waals surface area (Å²) in [5.41, 5.74) is 1.71. The van der Waals surface area contributed by atoms with Gasteiger partial charge in [-0.3, -0.25) is 14.5 Å². The van der Waals surface area contributed by atoms with Crippen molar-refractivity contribution in [1.29, 1.82) is 0 Å². The van der Waals surface area contributed by atoms with Crippen LogP contribution in [-0.2, 0) is 20.7 Å². The van der Waals surface area contributed by atoms with Gasteiger partial charge in [0.25, 0.3) is 11.8 Å². The zero-order chi connectivity index (χ0) is 25.3. The molecule has 1 aromatic heterocycles. The SMILES string of the molecule is COC(=O)/C=C/c1c(CCN2C(=O)c3ccccc3C2=O)c2ccccc2n1C(=O)OC(C)(C)C. The lowest BCUT2D eigenvalue weighted by molar-refractivity contribution is -0.134. The number of nitrogens with zero attached hydrogens (tertiary/aromatic N) is 2. The lowest BCUT2D eigenvalue weighted by atomic mass is 10.1. The molecule has 4 rings (SSSR count). The first-order chi connectivity index (χ1) is 16.6. The number of rotatable bonds is 5. The molecule has 2 aromatic carbocycles. The number of para-hydroxylation sites is 1. The quantitative estimate of drug-likeness (QED) is 0.308. The monoisotopic (exact) mass is 474 g/mol. The lowest BCUT2D eigenvalue weighted by Crippen LogP contribution is -2.32. The fraction of sp³-hybridized carbons (Fsp3) is 0.259. The van der Waals surface area contributed by atoms with E-state index in [1.165, 1.54) is 28.7 Å². The Hall–Kier alpha value is -4.20. The van der Waals surface area contributed by atoms with E-state index in [0.717, 1.165) is 5.39 Å². The first-order valence-corrected chi connectivity index (χ1v) is 11.2. The number of benzene rings is 2. The minimum atomic E-state index is -0.744. The van der Waals surface area contributed by atoms with Gasteiger partial charge < -0.3 is 9.47 Å². The van der Waals surface area contributed by atoms with Gasteiger partial charge in [-0.25, -0.2) is 14.2 Å². The van der Waals surface area contributed by atoms with Crippen molar-refractivity contribution in [2.24, 2.45) is 0 Å². The van der Waals surface area contributed by atoms with Crippen LogP contribution in [0, 0.1) is 0 Å². The van der Waals surface area contributed by atoms with E-state index in [4.69, 9.17) is 9.47 Å². The van der Waals surface area contributed by atoms with E-state index in [-0.39, 0.29) is 24.8 Å². The minimum absolute atomic E-state index is 0.105. The number of carbonyl (C=O) groups is 4. The highest BCUT2D eigenvalue weighted by Gasteiger charge is 2.35. The summed E-state index contributed by atoms with van der Waals surface area (Å²) in [6.45, 7) is 5.41. The summed E-state index contributed by atoms with van der Waals surface area (Å²) < 4.78 is 11.8. The number of hydrogen-bond acceptors (Lipinski definition) is 6. The number of fused-ring (bicyclic) bond motifs is 2. The fourth-order valence-corrected chi connectivity index (χ4v) is 4.15. The number of methoxy groups -OCH3 is 1. The highest BCUT2D eigenvalue weighted by Crippen LogP contribution is 2.30. The third kappa shape index (κ3) is 4.59. The van der Waals surface area contributed by atoms with Crippen molar-refractivity contribution in [3.8, 4) is 0 Å². The van der Waals surface area contributed by atoms with Gasteiger partial charge in [0, 0.05) is 18.0 Å². The minimum Gasteiger partial charge on any atom is -0.466 e. The van der Waals surface area contributed by atoms with Crippen LogP contribution in [0.5, 0.6) is 0 Å². The summed E-state index contributed by atoms with van der Waals surface area (Å²) in [6, 6.07) is 14.0. The number of amides is 2. The molecule has 0 fully saturated rings. The van der Waals surface area contributed by atoms with Crippen LogP contribution < -0.4 is 0 Å². The van der Waals surface area contributed by atoms with Crippen molar-refractivity contribution in [2.45, 2.75) is 32.8 Å². The second-order valence-electron chi connectivity index (χ2n) is 9.11. The van der Waals surface area contributed by atoms with E-state index in [1.54, 1.807) is 57.2 Å². The van der Waals surface area contributed by atoms with Crippen LogP contribution in [-0.4, -0.2) is 52.6 Å². The van der Waals surface area contributed by atoms with Crippen LogP contribution in [0.25, 0.3) is 17.0 Å². The van der Waals surface area contributed by atoms with Crippen LogP contribution in [0.4, 0.5) is 4.79 Å². The Morgan fingerprint density at radius 2 is 1.54 bits per heavy atom. The molecule has 8 nitrogen and oxygen atoms in total. The molecule has 0 bridgehead atoms. The number of imide groups is 1. The Labute approximate surface area is 202 Å². The molecular weight excluding hydrogens is 448 g/mol. The maximum Gasteiger partial charge on any atom is 0.419 e. The van der Waals surface area contributed by atoms with E-state index < -0.39 is 17.7 Å². The first kappa shape index (κ1) is 23.9. The predicted octanol–water partition coefficient (Wildman–Crippen LogP) is 4.45. The Morgan fingerprint density at radius 1 is 0.943 bits per heavy atom. The van der Waals surface area contributed by atoms with Crippen LogP contribution in [0.15, 0.2) is 54.6 Å². The van der Waals surface area contributed by atoms with Gasteiger partial charge >= 0.3 is 12.1 Å². The molecule has 1 aliphatic heterocycles. The van der Waals surface area contributed by atoms with Gasteiger partial charge in [0.15, 0.2) is 0 Å². The van der Waals surface area contributed by atoms with Crippen LogP contribution in [0.2, 0.25) is 0 Å². The largest absolute Gasteiger partial charge is 0.466 e. The molecule has 0 unspecified atom stereocenters. The molecule has 0 N–H and O–H groups in total. The predicted molar refractivity (Wildman–Crippen MR) is 130 cm³/mol. The Balaban J connectivity index is 1.77. The van der Waals surface area contributed by atoms with Gasteiger partial charge in [0.1, 0.15) is 5.60 Å². The molecule has 2 heterocycles. The molecule has 0 atom stereocenters. The Morgan fingerprint density at radius 3 is 2.14 bits per heavy atom. The van der Waals surface area contributed by atoms with Gasteiger partial charge in [-0.2, -0.15) is 0 Å². The Kier molecular flexibility index (Phi) is 6.30. The maximum absolute atomic E-state index is 13.2. The van der Waals surface area contributed by atoms with E-state index in [9.17, 15) is 19.2 Å². The zero-order valence-electron chi connectivity index (χ0n) is 20.0. The molecular formula is C27H26N2O6. The fourth-order valence-electron chi connectivity index (χ4n) is 4.15. The summed E-state index contributed by atoms with van der Waals surface area (Å²) in [5, 5.41) is 0.750. The van der Waals surface area contributed by atoms with Gasteiger partial charge in [-0.05, 0) is 57.0 Å². The first-order valence-electron chi connectivity index (χ1n) is 11.2. The van der Waals surface area contributed by atoms with Crippen molar-refractivity contribution >= 4 is 40.9 Å². The van der Waals surface area contributed by atoms with Crippen molar-refractivity contribution < 1.29 is 28.7 Å². The molecule has 1 aliphatic rings. The third-order valence-corrected chi connectivity index (χ3v) is 5.64. The van der Waals surface area contributed by atoms with Crippen LogP contribution in [0.3, 0.4) is 0 Å². The van der Waals surface area contributed by atoms with E-state index in [1.807, 2.05) is 12.1 Å². The lowest BCUT2D eigenvalue weighted by Gasteiger charge is -2.20. The summed E-state index contributed by atoms with van der Waals surface area (Å²) in [7, 11) is 1.26. The molecule has 8 heteroatoms. The van der Waals surface area contributed by atoms with E-state index in [0.29, 0.717) is 27.9 Å². The Bertz CT molecular complexity index is 1340. The molecule has 180 valence electrons. The average Bonchev–Trinajstić information content (AvgIpc) is 3.26. The summed E-state index contributed by atoms with van der Waals surface area (Å²) in [6.07, 6.45) is 2.38. The molecule has 3 aromatic rings. The average molecular weight is 475 g/mol. The molecule has 2 amide bonds. The molecule has 35 heavy (non-hydrogen) atoms. The highest BCUT2D eigenvalue weighted by molar-refractivity contribution is 6.21. The van der Waals surface area contributed by atoms with Crippen molar-refractivity contribution in [3.05, 3.63) is 77.0 Å². The van der Waals surface area contributed by atoms with Crippen LogP contribution in [0.1, 0.15) is 52.7 Å². The van der Waals surface area contributed by atoms with Crippen LogP contribution >= 0.6 is 0 Å². The van der Waals surface area contributed by atoms with Crippen molar-refractivity contribution in [3.63, 3.8) is 0 Å². The smallest absolute Gasteiger partial charge is 0.419 e. The number of aromatic nitrogens is 1. The number of carbonyl (C=O) groups excluding carboxylic acids is 4. The van der Waals surface area contributed by atoms with Gasteiger partial charge in [-0.15, -0.1) is 0 Å². The second-order valence-corrected chi connectivity index (χ2v) is 9.11. The molecule has 0 saturated heterocycles. The maximum atomic E-state index is 13.2. The highest BCUT2D eigenvalue weighted by atomic mass is 16.6. The van der Waals surface area contributed by atoms with Gasteiger partial charge in [-0.1, -0.05) is 30.3 Å². The van der Waals surface area contributed by atoms with E-state index >= 15 is 0 Å². The summed E-state index contributed by atoms with van der Waals surface area (Å²) in [4.78, 5) is 52.0. The standard InChI is InChI=1S/C27H26N2O6/c1-27(2,3)35-26(33)29-21-12-8-7-9-17(21)18(22(29)13-14-23(30)34-4)15-16-28-24(31)19-10-5-6-11-20(19)25(28)32/h5-14H,15-16H2,1-4H3/b14-13+. The number of ether oxygens (including phenoxy) is 2. The number of hydrogen-bond donors (Lipinski definition) is 0. The van der Waals surface area contributed by atoms with Crippen molar-refractivity contribution in [1.82, 2.24) is 9.47 Å². The third-order valence-electron chi connectivity index (χ3n) is 5.64. The molecule has 0 saturated carbocycles. The zero-order valence-corrected chi connectivity index (χ0v) is 20.0. The summed E-state index contributed by atoms with van der Waals surface area (Å²) in [5.74, 6) is -1.29. The topological polar surface area (TPSA) is 94.9 Å². The molecule has 0 spiro atoms.